The summed E-state index contributed by atoms with van der Waals surface area (Å²) in [5.74, 6) is 1.01. The van der Waals surface area contributed by atoms with Crippen molar-refractivity contribution < 1.29 is 9.21 Å². The van der Waals surface area contributed by atoms with Gasteiger partial charge in [0.05, 0.1) is 5.92 Å². The molecule has 0 spiro atoms. The van der Waals surface area contributed by atoms with Crippen LogP contribution >= 0.6 is 0 Å². The second-order valence-electron chi connectivity index (χ2n) is 8.10. The van der Waals surface area contributed by atoms with E-state index in [4.69, 9.17) is 4.42 Å². The molecule has 1 aromatic carbocycles. The Bertz CT molecular complexity index is 993. The molecule has 6 heteroatoms. The van der Waals surface area contributed by atoms with Crippen molar-refractivity contribution in [1.82, 2.24) is 15.3 Å². The van der Waals surface area contributed by atoms with E-state index in [0.29, 0.717) is 12.6 Å². The third kappa shape index (κ3) is 3.21. The standard InChI is InChI=1S/C22H26N4O2/c27-22(25-16-8-2-1-3-9-16)15-7-6-12-26(13-15)21-20-19(23-14-24-21)17-10-4-5-11-18(17)28-20/h4-5,10-11,14-16H,1-3,6-9,12-13H2,(H,25,27)/t15-/m0/s1. The molecule has 1 saturated heterocycles. The van der Waals surface area contributed by atoms with E-state index in [9.17, 15) is 4.79 Å². The van der Waals surface area contributed by atoms with Gasteiger partial charge in [0.1, 0.15) is 17.4 Å². The maximum Gasteiger partial charge on any atom is 0.225 e. The van der Waals surface area contributed by atoms with Crippen LogP contribution < -0.4 is 10.2 Å². The number of rotatable bonds is 3. The molecule has 2 fully saturated rings. The van der Waals surface area contributed by atoms with E-state index < -0.39 is 0 Å². The van der Waals surface area contributed by atoms with Gasteiger partial charge in [-0.3, -0.25) is 4.79 Å². The lowest BCUT2D eigenvalue weighted by molar-refractivity contribution is -0.126. The number of amides is 1. The second-order valence-corrected chi connectivity index (χ2v) is 8.10. The number of anilines is 1. The van der Waals surface area contributed by atoms with Gasteiger partial charge in [-0.15, -0.1) is 0 Å². The molecule has 2 aliphatic rings. The van der Waals surface area contributed by atoms with Crippen molar-refractivity contribution in [2.75, 3.05) is 18.0 Å². The van der Waals surface area contributed by atoms with E-state index in [1.165, 1.54) is 19.3 Å². The predicted octanol–water partition coefficient (Wildman–Crippen LogP) is 4.04. The molecule has 6 nitrogen and oxygen atoms in total. The van der Waals surface area contributed by atoms with Gasteiger partial charge in [-0.25, -0.2) is 9.97 Å². The molecule has 1 amide bonds. The quantitative estimate of drug-likeness (QED) is 0.745. The van der Waals surface area contributed by atoms with Gasteiger partial charge < -0.3 is 14.6 Å². The first kappa shape index (κ1) is 17.5. The highest BCUT2D eigenvalue weighted by Crippen LogP contribution is 2.33. The van der Waals surface area contributed by atoms with Crippen LogP contribution in [-0.4, -0.2) is 35.0 Å². The van der Waals surface area contributed by atoms with Crippen molar-refractivity contribution >= 4 is 33.8 Å². The molecule has 0 unspecified atom stereocenters. The molecule has 5 rings (SSSR count). The number of fused-ring (bicyclic) bond motifs is 3. The number of carbonyl (C=O) groups is 1. The Morgan fingerprint density at radius 2 is 1.93 bits per heavy atom. The molecule has 3 heterocycles. The third-order valence-electron chi connectivity index (χ3n) is 6.18. The van der Waals surface area contributed by atoms with Gasteiger partial charge in [0.25, 0.3) is 0 Å². The van der Waals surface area contributed by atoms with Crippen LogP contribution in [0.5, 0.6) is 0 Å². The molecule has 1 aliphatic heterocycles. The lowest BCUT2D eigenvalue weighted by Gasteiger charge is -2.34. The molecule has 1 saturated carbocycles. The Morgan fingerprint density at radius 3 is 2.82 bits per heavy atom. The van der Waals surface area contributed by atoms with Crippen LogP contribution in [0.2, 0.25) is 0 Å². The highest BCUT2D eigenvalue weighted by molar-refractivity contribution is 6.05. The van der Waals surface area contributed by atoms with Gasteiger partial charge in [0.15, 0.2) is 11.4 Å². The normalized spacial score (nSPS) is 21.3. The highest BCUT2D eigenvalue weighted by atomic mass is 16.3. The van der Waals surface area contributed by atoms with Crippen molar-refractivity contribution in [2.45, 2.75) is 51.0 Å². The summed E-state index contributed by atoms with van der Waals surface area (Å²) in [6.45, 7) is 1.57. The number of nitrogens with one attached hydrogen (secondary N) is 1. The SMILES string of the molecule is O=C(NC1CCCCC1)[C@H]1CCCN(c2ncnc3c2oc2ccccc23)C1. The fourth-order valence-corrected chi connectivity index (χ4v) is 4.69. The van der Waals surface area contributed by atoms with Gasteiger partial charge in [-0.1, -0.05) is 31.4 Å². The van der Waals surface area contributed by atoms with Gasteiger partial charge in [-0.05, 0) is 37.8 Å². The van der Waals surface area contributed by atoms with E-state index in [1.54, 1.807) is 6.33 Å². The Labute approximate surface area is 164 Å². The number of hydrogen-bond donors (Lipinski definition) is 1. The van der Waals surface area contributed by atoms with E-state index in [-0.39, 0.29) is 11.8 Å². The molecule has 1 N–H and O–H groups in total. The molecule has 2 aromatic heterocycles. The molecule has 28 heavy (non-hydrogen) atoms. The number of aromatic nitrogens is 2. The topological polar surface area (TPSA) is 71.3 Å². The Balaban J connectivity index is 1.38. The zero-order valence-electron chi connectivity index (χ0n) is 16.1. The molecule has 1 aliphatic carbocycles. The summed E-state index contributed by atoms with van der Waals surface area (Å²) in [5.41, 5.74) is 2.38. The smallest absolute Gasteiger partial charge is 0.225 e. The monoisotopic (exact) mass is 378 g/mol. The fourth-order valence-electron chi connectivity index (χ4n) is 4.69. The van der Waals surface area contributed by atoms with Crippen molar-refractivity contribution in [2.24, 2.45) is 5.92 Å². The molecule has 0 radical (unpaired) electrons. The predicted molar refractivity (Wildman–Crippen MR) is 109 cm³/mol. The number of para-hydroxylation sites is 1. The molecule has 3 aromatic rings. The fraction of sp³-hybridized carbons (Fsp3) is 0.500. The minimum Gasteiger partial charge on any atom is -0.450 e. The second kappa shape index (κ2) is 7.41. The summed E-state index contributed by atoms with van der Waals surface area (Å²) >= 11 is 0. The first-order valence-corrected chi connectivity index (χ1v) is 10.5. The van der Waals surface area contributed by atoms with Gasteiger partial charge in [0, 0.05) is 24.5 Å². The lowest BCUT2D eigenvalue weighted by atomic mass is 9.93. The average molecular weight is 378 g/mol. The van der Waals surface area contributed by atoms with E-state index in [0.717, 1.165) is 60.1 Å². The van der Waals surface area contributed by atoms with Crippen molar-refractivity contribution in [3.05, 3.63) is 30.6 Å². The number of furan rings is 1. The van der Waals surface area contributed by atoms with Crippen LogP contribution in [0.25, 0.3) is 22.1 Å². The maximum absolute atomic E-state index is 12.9. The van der Waals surface area contributed by atoms with Crippen LogP contribution in [0.4, 0.5) is 5.82 Å². The summed E-state index contributed by atoms with van der Waals surface area (Å²) < 4.78 is 6.09. The first-order valence-electron chi connectivity index (χ1n) is 10.5. The van der Waals surface area contributed by atoms with Crippen LogP contribution in [0.15, 0.2) is 35.0 Å². The summed E-state index contributed by atoms with van der Waals surface area (Å²) in [6.07, 6.45) is 9.51. The molecular formula is C22H26N4O2. The van der Waals surface area contributed by atoms with Gasteiger partial charge in [-0.2, -0.15) is 0 Å². The van der Waals surface area contributed by atoms with Crippen LogP contribution in [0.1, 0.15) is 44.9 Å². The maximum atomic E-state index is 12.9. The molecule has 1 atom stereocenters. The van der Waals surface area contributed by atoms with Crippen molar-refractivity contribution in [3.63, 3.8) is 0 Å². The summed E-state index contributed by atoms with van der Waals surface area (Å²) in [7, 11) is 0. The summed E-state index contributed by atoms with van der Waals surface area (Å²) in [5, 5.41) is 4.30. The van der Waals surface area contributed by atoms with E-state index in [2.05, 4.69) is 20.2 Å². The van der Waals surface area contributed by atoms with Crippen LogP contribution in [0, 0.1) is 5.92 Å². The minimum atomic E-state index is 0.00469. The van der Waals surface area contributed by atoms with Crippen molar-refractivity contribution in [3.8, 4) is 0 Å². The summed E-state index contributed by atoms with van der Waals surface area (Å²) in [4.78, 5) is 24.0. The summed E-state index contributed by atoms with van der Waals surface area (Å²) in [6, 6.07) is 8.29. The molecule has 0 bridgehead atoms. The average Bonchev–Trinajstić information content (AvgIpc) is 3.13. The minimum absolute atomic E-state index is 0.00469. The zero-order chi connectivity index (χ0) is 18.9. The Hall–Kier alpha value is -2.63. The van der Waals surface area contributed by atoms with E-state index in [1.807, 2.05) is 24.3 Å². The zero-order valence-corrected chi connectivity index (χ0v) is 16.1. The van der Waals surface area contributed by atoms with Crippen LogP contribution in [-0.2, 0) is 4.79 Å². The van der Waals surface area contributed by atoms with E-state index >= 15 is 0 Å². The third-order valence-corrected chi connectivity index (χ3v) is 6.18. The Morgan fingerprint density at radius 1 is 1.07 bits per heavy atom. The molecule has 146 valence electrons. The Kier molecular flexibility index (Phi) is 4.63. The first-order chi connectivity index (χ1) is 13.8. The molecular weight excluding hydrogens is 352 g/mol. The number of benzene rings is 1. The largest absolute Gasteiger partial charge is 0.450 e. The number of carbonyl (C=O) groups excluding carboxylic acids is 1. The van der Waals surface area contributed by atoms with Gasteiger partial charge >= 0.3 is 0 Å². The number of piperidine rings is 1. The number of nitrogens with zero attached hydrogens (tertiary/aromatic N) is 3. The lowest BCUT2D eigenvalue weighted by Crippen LogP contribution is -2.46. The van der Waals surface area contributed by atoms with Gasteiger partial charge in [0.2, 0.25) is 5.91 Å². The number of hydrogen-bond acceptors (Lipinski definition) is 5. The van der Waals surface area contributed by atoms with Crippen molar-refractivity contribution in [1.29, 1.82) is 0 Å². The van der Waals surface area contributed by atoms with Crippen LogP contribution in [0.3, 0.4) is 0 Å². The highest BCUT2D eigenvalue weighted by Gasteiger charge is 2.30.